The minimum atomic E-state index is -0.606. The Morgan fingerprint density at radius 3 is 2.75 bits per heavy atom. The fourth-order valence-electron chi connectivity index (χ4n) is 2.93. The van der Waals surface area contributed by atoms with Crippen LogP contribution < -0.4 is 4.74 Å². The van der Waals surface area contributed by atoms with Gasteiger partial charge in [0.25, 0.3) is 5.69 Å². The van der Waals surface area contributed by atoms with Gasteiger partial charge in [0, 0.05) is 31.8 Å². The molecule has 2 aromatic carbocycles. The predicted molar refractivity (Wildman–Crippen MR) is 90.0 cm³/mol. The van der Waals surface area contributed by atoms with Crippen molar-refractivity contribution in [3.8, 4) is 5.75 Å². The van der Waals surface area contributed by atoms with Crippen LogP contribution >= 0.6 is 0 Å². The van der Waals surface area contributed by atoms with E-state index in [4.69, 9.17) is 4.74 Å². The first kappa shape index (κ1) is 16.4. The number of hydrogen-bond acceptors (Lipinski definition) is 5. The minimum absolute atomic E-state index is 0.114. The van der Waals surface area contributed by atoms with E-state index in [9.17, 15) is 15.2 Å². The molecule has 1 atom stereocenters. The topological polar surface area (TPSA) is 75.8 Å². The van der Waals surface area contributed by atoms with Gasteiger partial charge in [0.2, 0.25) is 0 Å². The molecule has 0 saturated carbocycles. The lowest BCUT2D eigenvalue weighted by atomic mass is 9.99. The van der Waals surface area contributed by atoms with Gasteiger partial charge in [-0.3, -0.25) is 15.0 Å². The van der Waals surface area contributed by atoms with Crippen molar-refractivity contribution in [3.05, 3.63) is 69.8 Å². The van der Waals surface area contributed by atoms with Gasteiger partial charge in [-0.1, -0.05) is 24.3 Å². The Kier molecular flexibility index (Phi) is 5.08. The highest BCUT2D eigenvalue weighted by Gasteiger charge is 2.21. The van der Waals surface area contributed by atoms with Crippen LogP contribution in [0.15, 0.2) is 48.5 Å². The molecule has 3 rings (SSSR count). The molecular formula is C18H20N2O4. The van der Waals surface area contributed by atoms with Gasteiger partial charge in [0.1, 0.15) is 18.5 Å². The molecule has 2 aromatic rings. The van der Waals surface area contributed by atoms with Crippen LogP contribution in [-0.2, 0) is 13.0 Å². The summed E-state index contributed by atoms with van der Waals surface area (Å²) in [6, 6.07) is 14.4. The van der Waals surface area contributed by atoms with E-state index in [1.54, 1.807) is 12.1 Å². The van der Waals surface area contributed by atoms with Gasteiger partial charge >= 0.3 is 0 Å². The van der Waals surface area contributed by atoms with Gasteiger partial charge in [-0.05, 0) is 29.7 Å². The molecular weight excluding hydrogens is 308 g/mol. The van der Waals surface area contributed by atoms with Crippen molar-refractivity contribution < 1.29 is 14.8 Å². The molecule has 0 radical (unpaired) electrons. The van der Waals surface area contributed by atoms with E-state index < -0.39 is 6.10 Å². The number of aliphatic hydroxyl groups is 1. The van der Waals surface area contributed by atoms with Crippen LogP contribution in [0.3, 0.4) is 0 Å². The molecule has 6 heteroatoms. The summed E-state index contributed by atoms with van der Waals surface area (Å²) in [5.74, 6) is 0.733. The first-order chi connectivity index (χ1) is 11.6. The van der Waals surface area contributed by atoms with E-state index >= 15 is 0 Å². The van der Waals surface area contributed by atoms with Crippen LogP contribution in [0.4, 0.5) is 5.69 Å². The zero-order chi connectivity index (χ0) is 16.9. The molecule has 1 aliphatic rings. The van der Waals surface area contributed by atoms with Crippen LogP contribution in [0.2, 0.25) is 0 Å². The number of hydrogen-bond donors (Lipinski definition) is 1. The number of nitro benzene ring substituents is 1. The SMILES string of the molecule is O=[N+]([O-])c1ccc2c(c1)CN(CC(O)COc1ccccc1)CC2. The van der Waals surface area contributed by atoms with Crippen LogP contribution in [-0.4, -0.2) is 40.7 Å². The summed E-state index contributed by atoms with van der Waals surface area (Å²) in [5.41, 5.74) is 2.22. The summed E-state index contributed by atoms with van der Waals surface area (Å²) >= 11 is 0. The second kappa shape index (κ2) is 7.42. The Bertz CT molecular complexity index is 705. The molecule has 0 aliphatic carbocycles. The van der Waals surface area contributed by atoms with Crippen LogP contribution in [0.1, 0.15) is 11.1 Å². The van der Waals surface area contributed by atoms with Crippen LogP contribution in [0, 0.1) is 10.1 Å². The van der Waals surface area contributed by atoms with Crippen molar-refractivity contribution >= 4 is 5.69 Å². The maximum absolute atomic E-state index is 10.9. The highest BCUT2D eigenvalue weighted by molar-refractivity contribution is 5.41. The molecule has 1 N–H and O–H groups in total. The lowest BCUT2D eigenvalue weighted by molar-refractivity contribution is -0.385. The number of rotatable bonds is 6. The van der Waals surface area contributed by atoms with Gasteiger partial charge in [0.05, 0.1) is 4.92 Å². The predicted octanol–water partition coefficient (Wildman–Crippen LogP) is 2.39. The van der Waals surface area contributed by atoms with Gasteiger partial charge < -0.3 is 9.84 Å². The molecule has 24 heavy (non-hydrogen) atoms. The number of ether oxygens (including phenoxy) is 1. The zero-order valence-corrected chi connectivity index (χ0v) is 13.3. The number of aliphatic hydroxyl groups excluding tert-OH is 1. The minimum Gasteiger partial charge on any atom is -0.491 e. The Labute approximate surface area is 140 Å². The van der Waals surface area contributed by atoms with E-state index in [2.05, 4.69) is 4.90 Å². The van der Waals surface area contributed by atoms with Crippen LogP contribution in [0.25, 0.3) is 0 Å². The second-order valence-electron chi connectivity index (χ2n) is 5.97. The van der Waals surface area contributed by atoms with Crippen LogP contribution in [0.5, 0.6) is 5.75 Å². The van der Waals surface area contributed by atoms with Gasteiger partial charge in [-0.2, -0.15) is 0 Å². The van der Waals surface area contributed by atoms with Gasteiger partial charge in [-0.15, -0.1) is 0 Å². The standard InChI is InChI=1S/C18H20N2O4/c21-17(13-24-18-4-2-1-3-5-18)12-19-9-8-14-6-7-16(20(22)23)10-15(14)11-19/h1-7,10,17,21H,8-9,11-13H2. The summed E-state index contributed by atoms with van der Waals surface area (Å²) in [4.78, 5) is 12.6. The molecule has 0 amide bonds. The van der Waals surface area contributed by atoms with Gasteiger partial charge in [0.15, 0.2) is 0 Å². The summed E-state index contributed by atoms with van der Waals surface area (Å²) in [7, 11) is 0. The Balaban J connectivity index is 1.55. The number of para-hydroxylation sites is 1. The maximum Gasteiger partial charge on any atom is 0.269 e. The van der Waals surface area contributed by atoms with E-state index in [1.807, 2.05) is 36.4 Å². The summed E-state index contributed by atoms with van der Waals surface area (Å²) in [6.45, 7) is 2.14. The Hall–Kier alpha value is -2.44. The normalized spacial score (nSPS) is 15.5. The average Bonchev–Trinajstić information content (AvgIpc) is 2.60. The van der Waals surface area contributed by atoms with E-state index in [0.29, 0.717) is 13.1 Å². The number of β-amino-alcohol motifs (C(OH)–C–C–N with tert-alkyl or cyclic N) is 1. The number of nitrogens with zero attached hydrogens (tertiary/aromatic N) is 2. The van der Waals surface area contributed by atoms with Crippen molar-refractivity contribution in [1.29, 1.82) is 0 Å². The number of nitro groups is 1. The number of fused-ring (bicyclic) bond motifs is 1. The highest BCUT2D eigenvalue weighted by atomic mass is 16.6. The monoisotopic (exact) mass is 328 g/mol. The maximum atomic E-state index is 10.9. The molecule has 1 heterocycles. The molecule has 0 aromatic heterocycles. The Morgan fingerprint density at radius 1 is 1.21 bits per heavy atom. The lowest BCUT2D eigenvalue weighted by Crippen LogP contribution is -2.38. The molecule has 126 valence electrons. The van der Waals surface area contributed by atoms with Crippen molar-refractivity contribution in [2.75, 3.05) is 19.7 Å². The average molecular weight is 328 g/mol. The molecule has 0 spiro atoms. The van der Waals surface area contributed by atoms with Crippen molar-refractivity contribution in [3.63, 3.8) is 0 Å². The van der Waals surface area contributed by atoms with Crippen molar-refractivity contribution in [2.45, 2.75) is 19.1 Å². The van der Waals surface area contributed by atoms with E-state index in [-0.39, 0.29) is 17.2 Å². The lowest BCUT2D eigenvalue weighted by Gasteiger charge is -2.30. The van der Waals surface area contributed by atoms with Crippen molar-refractivity contribution in [2.24, 2.45) is 0 Å². The fourth-order valence-corrected chi connectivity index (χ4v) is 2.93. The highest BCUT2D eigenvalue weighted by Crippen LogP contribution is 2.24. The third-order valence-electron chi connectivity index (χ3n) is 4.15. The second-order valence-corrected chi connectivity index (χ2v) is 5.97. The molecule has 0 bridgehead atoms. The molecule has 1 unspecified atom stereocenters. The smallest absolute Gasteiger partial charge is 0.269 e. The third-order valence-corrected chi connectivity index (χ3v) is 4.15. The first-order valence-corrected chi connectivity index (χ1v) is 7.96. The Morgan fingerprint density at radius 2 is 2.00 bits per heavy atom. The summed E-state index contributed by atoms with van der Waals surface area (Å²) in [5, 5.41) is 21.1. The number of non-ortho nitro benzene ring substituents is 1. The van der Waals surface area contributed by atoms with E-state index in [0.717, 1.165) is 29.8 Å². The zero-order valence-electron chi connectivity index (χ0n) is 13.3. The van der Waals surface area contributed by atoms with Gasteiger partial charge in [-0.25, -0.2) is 0 Å². The molecule has 0 saturated heterocycles. The third kappa shape index (κ3) is 4.10. The largest absolute Gasteiger partial charge is 0.491 e. The van der Waals surface area contributed by atoms with E-state index in [1.165, 1.54) is 0 Å². The summed E-state index contributed by atoms with van der Waals surface area (Å²) in [6.07, 6.45) is 0.227. The fraction of sp³-hybridized carbons (Fsp3) is 0.333. The molecule has 6 nitrogen and oxygen atoms in total. The number of benzene rings is 2. The summed E-state index contributed by atoms with van der Waals surface area (Å²) < 4.78 is 5.56. The molecule has 1 aliphatic heterocycles. The molecule has 0 fully saturated rings. The van der Waals surface area contributed by atoms with Crippen molar-refractivity contribution in [1.82, 2.24) is 4.90 Å². The quantitative estimate of drug-likeness (QED) is 0.651. The first-order valence-electron chi connectivity index (χ1n) is 7.96.